The minimum atomic E-state index is -0.668. The van der Waals surface area contributed by atoms with Gasteiger partial charge in [0.2, 0.25) is 0 Å². The summed E-state index contributed by atoms with van der Waals surface area (Å²) in [6.45, 7) is 13.9. The predicted molar refractivity (Wildman–Crippen MR) is 111 cm³/mol. The Labute approximate surface area is 160 Å². The number of aliphatic imine (C=N–C) groups is 1. The van der Waals surface area contributed by atoms with E-state index in [-0.39, 0.29) is 6.17 Å². The Morgan fingerprint density at radius 2 is 2.12 bits per heavy atom. The van der Waals surface area contributed by atoms with Crippen molar-refractivity contribution in [1.29, 1.82) is 5.26 Å². The lowest BCUT2D eigenvalue weighted by Crippen LogP contribution is -2.43. The highest BCUT2D eigenvalue weighted by molar-refractivity contribution is 5.83. The number of allylic oxidation sites excluding steroid dienone is 2. The van der Waals surface area contributed by atoms with Gasteiger partial charge >= 0.3 is 0 Å². The van der Waals surface area contributed by atoms with Crippen molar-refractivity contribution in [2.24, 2.45) is 16.1 Å². The highest BCUT2D eigenvalue weighted by Gasteiger charge is 2.51. The molecular formula is C21H39N5. The van der Waals surface area contributed by atoms with Crippen molar-refractivity contribution in [2.45, 2.75) is 98.1 Å². The number of nitrogens with one attached hydrogen (secondary N) is 1. The number of hydrogen-bond acceptors (Lipinski definition) is 5. The van der Waals surface area contributed by atoms with Gasteiger partial charge in [-0.25, -0.2) is 4.90 Å². The molecule has 0 radical (unpaired) electrons. The predicted octanol–water partition coefficient (Wildman–Crippen LogP) is 4.17. The van der Waals surface area contributed by atoms with Gasteiger partial charge in [0.05, 0.1) is 18.3 Å². The van der Waals surface area contributed by atoms with E-state index in [1.165, 1.54) is 38.5 Å². The Morgan fingerprint density at radius 1 is 1.42 bits per heavy atom. The molecule has 0 aliphatic carbocycles. The molecule has 0 spiro atoms. The van der Waals surface area contributed by atoms with Gasteiger partial charge in [-0.2, -0.15) is 5.26 Å². The molecule has 0 bridgehead atoms. The molecule has 5 atom stereocenters. The highest BCUT2D eigenvalue weighted by Crippen LogP contribution is 2.34. The molecule has 3 N–H and O–H groups in total. The second kappa shape index (κ2) is 10.2. The summed E-state index contributed by atoms with van der Waals surface area (Å²) in [6.07, 6.45) is 11.1. The third-order valence-electron chi connectivity index (χ3n) is 5.78. The molecule has 0 aromatic heterocycles. The molecule has 1 fully saturated rings. The number of rotatable bonds is 12. The molecular weight excluding hydrogens is 322 g/mol. The summed E-state index contributed by atoms with van der Waals surface area (Å²) < 4.78 is 0. The largest absolute Gasteiger partial charge is 0.299 e. The zero-order valence-corrected chi connectivity index (χ0v) is 17.7. The molecule has 0 saturated carbocycles. The minimum Gasteiger partial charge on any atom is -0.299 e. The van der Waals surface area contributed by atoms with Crippen LogP contribution in [0.15, 0.2) is 16.6 Å². The SMILES string of the molecule is CC=C(C#N)C=NC1(N)CN1C(C)NC(C)CCCC(C)(CC)CCC. The third-order valence-corrected chi connectivity index (χ3v) is 5.78. The second-order valence-electron chi connectivity index (χ2n) is 8.17. The van der Waals surface area contributed by atoms with Crippen molar-refractivity contribution >= 4 is 6.21 Å². The Balaban J connectivity index is 2.40. The Kier molecular flexibility index (Phi) is 8.95. The highest BCUT2D eigenvalue weighted by atomic mass is 15.6. The number of nitriles is 1. The third kappa shape index (κ3) is 6.83. The van der Waals surface area contributed by atoms with E-state index in [4.69, 9.17) is 11.0 Å². The maximum Gasteiger partial charge on any atom is 0.179 e. The molecule has 1 rings (SSSR count). The first kappa shape index (κ1) is 22.8. The van der Waals surface area contributed by atoms with Crippen LogP contribution in [0.2, 0.25) is 0 Å². The van der Waals surface area contributed by atoms with Crippen molar-refractivity contribution < 1.29 is 0 Å². The van der Waals surface area contributed by atoms with Crippen LogP contribution in [0, 0.1) is 16.7 Å². The van der Waals surface area contributed by atoms with Crippen molar-refractivity contribution in [3.05, 3.63) is 11.6 Å². The first-order valence-electron chi connectivity index (χ1n) is 10.2. The van der Waals surface area contributed by atoms with Crippen molar-refractivity contribution in [3.8, 4) is 6.07 Å². The molecule has 1 saturated heterocycles. The maximum atomic E-state index is 8.95. The lowest BCUT2D eigenvalue weighted by molar-refractivity contribution is 0.232. The summed E-state index contributed by atoms with van der Waals surface area (Å²) in [7, 11) is 0. The van der Waals surface area contributed by atoms with Crippen LogP contribution in [0.5, 0.6) is 0 Å². The first-order valence-corrected chi connectivity index (χ1v) is 10.2. The van der Waals surface area contributed by atoms with Crippen LogP contribution in [0.1, 0.15) is 80.1 Å². The normalized spacial score (nSPS) is 27.8. The average Bonchev–Trinajstić information content (AvgIpc) is 3.28. The van der Waals surface area contributed by atoms with Crippen LogP contribution in [0.3, 0.4) is 0 Å². The standard InChI is InChI=1S/C21H39N5/c1-7-12-20(6,9-3)13-10-11-17(4)25-18(5)26-16-21(26,23)24-15-19(8-2)14-22/h8,15,17-18,25H,7,9-13,16,23H2,1-6H3. The van der Waals surface area contributed by atoms with Gasteiger partial charge in [-0.1, -0.05) is 46.1 Å². The molecule has 26 heavy (non-hydrogen) atoms. The molecule has 0 aromatic carbocycles. The van der Waals surface area contributed by atoms with Crippen LogP contribution < -0.4 is 11.1 Å². The van der Waals surface area contributed by atoms with E-state index in [2.05, 4.69) is 55.9 Å². The van der Waals surface area contributed by atoms with Crippen LogP contribution in [0.4, 0.5) is 0 Å². The van der Waals surface area contributed by atoms with Gasteiger partial charge in [0.15, 0.2) is 5.79 Å². The summed E-state index contributed by atoms with van der Waals surface area (Å²) in [5.41, 5.74) is 7.32. The van der Waals surface area contributed by atoms with Gasteiger partial charge in [-0.15, -0.1) is 0 Å². The number of nitrogens with zero attached hydrogens (tertiary/aromatic N) is 3. The van der Waals surface area contributed by atoms with Gasteiger partial charge in [-0.3, -0.25) is 16.0 Å². The number of nitrogens with two attached hydrogens (primary N) is 1. The molecule has 0 amide bonds. The summed E-state index contributed by atoms with van der Waals surface area (Å²) in [5, 5.41) is 12.6. The average molecular weight is 362 g/mol. The Bertz CT molecular complexity index is 535. The fraction of sp³-hybridized carbons (Fsp3) is 0.810. The molecule has 1 heterocycles. The second-order valence-corrected chi connectivity index (χ2v) is 8.17. The van der Waals surface area contributed by atoms with E-state index in [1.54, 1.807) is 12.3 Å². The zero-order chi connectivity index (χ0) is 19.8. The van der Waals surface area contributed by atoms with Crippen LogP contribution in [-0.4, -0.2) is 35.7 Å². The molecule has 5 heteroatoms. The summed E-state index contributed by atoms with van der Waals surface area (Å²) in [5.74, 6) is -0.668. The van der Waals surface area contributed by atoms with E-state index in [0.717, 1.165) is 6.54 Å². The van der Waals surface area contributed by atoms with Crippen molar-refractivity contribution in [1.82, 2.24) is 10.2 Å². The van der Waals surface area contributed by atoms with Crippen LogP contribution in [-0.2, 0) is 0 Å². The van der Waals surface area contributed by atoms with E-state index in [0.29, 0.717) is 17.0 Å². The van der Waals surface area contributed by atoms with Gasteiger partial charge < -0.3 is 0 Å². The summed E-state index contributed by atoms with van der Waals surface area (Å²) >= 11 is 0. The molecule has 148 valence electrons. The van der Waals surface area contributed by atoms with Gasteiger partial charge in [-0.05, 0) is 45.4 Å². The Hall–Kier alpha value is -1.22. The number of hydrogen-bond donors (Lipinski definition) is 2. The summed E-state index contributed by atoms with van der Waals surface area (Å²) in [6, 6.07) is 2.55. The van der Waals surface area contributed by atoms with Crippen molar-refractivity contribution in [3.63, 3.8) is 0 Å². The first-order chi connectivity index (χ1) is 12.2. The quantitative estimate of drug-likeness (QED) is 0.311. The molecule has 5 nitrogen and oxygen atoms in total. The molecule has 1 aliphatic rings. The fourth-order valence-corrected chi connectivity index (χ4v) is 3.65. The molecule has 1 aliphatic heterocycles. The molecule has 0 aromatic rings. The van der Waals surface area contributed by atoms with Crippen molar-refractivity contribution in [2.75, 3.05) is 6.54 Å². The fourth-order valence-electron chi connectivity index (χ4n) is 3.65. The van der Waals surface area contributed by atoms with E-state index in [9.17, 15) is 0 Å². The maximum absolute atomic E-state index is 8.95. The Morgan fingerprint density at radius 3 is 2.65 bits per heavy atom. The van der Waals surface area contributed by atoms with Gasteiger partial charge in [0.1, 0.15) is 6.07 Å². The topological polar surface area (TPSA) is 77.2 Å². The van der Waals surface area contributed by atoms with Gasteiger partial charge in [0, 0.05) is 12.3 Å². The van der Waals surface area contributed by atoms with Crippen LogP contribution >= 0.6 is 0 Å². The summed E-state index contributed by atoms with van der Waals surface area (Å²) in [4.78, 5) is 6.52. The minimum absolute atomic E-state index is 0.177. The van der Waals surface area contributed by atoms with Gasteiger partial charge in [0.25, 0.3) is 0 Å². The monoisotopic (exact) mass is 361 g/mol. The molecule has 5 unspecified atom stereocenters. The lowest BCUT2D eigenvalue weighted by Gasteiger charge is -2.29. The van der Waals surface area contributed by atoms with E-state index in [1.807, 2.05) is 6.92 Å². The smallest absolute Gasteiger partial charge is 0.179 e. The lowest BCUT2D eigenvalue weighted by atomic mass is 9.78. The van der Waals surface area contributed by atoms with E-state index < -0.39 is 5.79 Å². The van der Waals surface area contributed by atoms with Crippen LogP contribution in [0.25, 0.3) is 0 Å². The van der Waals surface area contributed by atoms with E-state index >= 15 is 0 Å². The zero-order valence-electron chi connectivity index (χ0n) is 17.7.